The molecule has 1 aromatic carbocycles. The summed E-state index contributed by atoms with van der Waals surface area (Å²) in [6.45, 7) is 11.9. The monoisotopic (exact) mass is 469 g/mol. The Balaban J connectivity index is 1.78. The number of hydrogen-bond donors (Lipinski definition) is 0. The largest absolute Gasteiger partial charge is 0.496 e. The average Bonchev–Trinajstić information content (AvgIpc) is 2.77. The van der Waals surface area contributed by atoms with E-state index in [1.165, 1.54) is 7.11 Å². The van der Waals surface area contributed by atoms with Gasteiger partial charge < -0.3 is 19.1 Å². The van der Waals surface area contributed by atoms with Gasteiger partial charge in [-0.3, -0.25) is 4.90 Å². The van der Waals surface area contributed by atoms with Crippen molar-refractivity contribution in [1.82, 2.24) is 14.8 Å². The van der Waals surface area contributed by atoms with Gasteiger partial charge in [-0.25, -0.2) is 14.6 Å². The van der Waals surface area contributed by atoms with Gasteiger partial charge in [0.1, 0.15) is 11.4 Å². The Bertz CT molecular complexity index is 1020. The number of esters is 1. The van der Waals surface area contributed by atoms with E-state index < -0.39 is 11.6 Å². The first kappa shape index (κ1) is 25.5. The maximum atomic E-state index is 12.7. The number of methoxy groups -OCH3 is 2. The lowest BCUT2D eigenvalue weighted by Gasteiger charge is -2.44. The van der Waals surface area contributed by atoms with Crippen LogP contribution < -0.4 is 4.74 Å². The highest BCUT2D eigenvalue weighted by molar-refractivity contribution is 5.95. The predicted octanol–water partition coefficient (Wildman–Crippen LogP) is 4.37. The smallest absolute Gasteiger partial charge is 0.410 e. The van der Waals surface area contributed by atoms with Crippen molar-refractivity contribution >= 4 is 12.1 Å². The van der Waals surface area contributed by atoms with E-state index in [1.807, 2.05) is 63.8 Å². The second-order valence-corrected chi connectivity index (χ2v) is 9.70. The lowest BCUT2D eigenvalue weighted by Crippen LogP contribution is -2.59. The fourth-order valence-electron chi connectivity index (χ4n) is 4.42. The zero-order valence-electron chi connectivity index (χ0n) is 21.1. The van der Waals surface area contributed by atoms with Crippen LogP contribution >= 0.6 is 0 Å². The molecule has 0 unspecified atom stereocenters. The maximum absolute atomic E-state index is 12.7. The molecular weight excluding hydrogens is 434 g/mol. The number of benzene rings is 1. The van der Waals surface area contributed by atoms with Gasteiger partial charge in [-0.15, -0.1) is 0 Å². The van der Waals surface area contributed by atoms with E-state index >= 15 is 0 Å². The molecule has 0 N–H and O–H groups in total. The van der Waals surface area contributed by atoms with E-state index in [1.54, 1.807) is 19.4 Å². The summed E-state index contributed by atoms with van der Waals surface area (Å²) >= 11 is 0. The summed E-state index contributed by atoms with van der Waals surface area (Å²) in [5, 5.41) is 0. The molecule has 2 aromatic rings. The Morgan fingerprint density at radius 3 is 2.35 bits per heavy atom. The van der Waals surface area contributed by atoms with Gasteiger partial charge in [0.25, 0.3) is 0 Å². The number of amides is 1. The summed E-state index contributed by atoms with van der Waals surface area (Å²) in [6.07, 6.45) is 1.30. The second-order valence-electron chi connectivity index (χ2n) is 9.70. The van der Waals surface area contributed by atoms with E-state index in [0.29, 0.717) is 12.1 Å². The van der Waals surface area contributed by atoms with E-state index in [9.17, 15) is 9.59 Å². The van der Waals surface area contributed by atoms with Crippen molar-refractivity contribution in [2.24, 2.45) is 0 Å². The Labute approximate surface area is 201 Å². The fraction of sp³-hybridized carbons (Fsp3) is 0.500. The molecule has 2 heterocycles. The summed E-state index contributed by atoms with van der Waals surface area (Å²) in [7, 11) is 2.98. The molecular formula is C26H35N3O5. The number of aromatic nitrogens is 1. The zero-order valence-corrected chi connectivity index (χ0v) is 21.1. The molecule has 1 aliphatic heterocycles. The van der Waals surface area contributed by atoms with E-state index in [2.05, 4.69) is 9.88 Å². The van der Waals surface area contributed by atoms with Crippen LogP contribution in [0.4, 0.5) is 4.79 Å². The van der Waals surface area contributed by atoms with Gasteiger partial charge in [-0.05, 0) is 52.3 Å². The topological polar surface area (TPSA) is 81.2 Å². The number of carbonyl (C=O) groups is 2. The van der Waals surface area contributed by atoms with E-state index in [4.69, 9.17) is 14.2 Å². The lowest BCUT2D eigenvalue weighted by atomic mass is 10.0. The van der Waals surface area contributed by atoms with Crippen LogP contribution in [0.3, 0.4) is 0 Å². The van der Waals surface area contributed by atoms with Crippen molar-refractivity contribution < 1.29 is 23.8 Å². The molecule has 1 fully saturated rings. The molecule has 0 aliphatic carbocycles. The number of rotatable bonds is 5. The van der Waals surface area contributed by atoms with Crippen LogP contribution in [-0.2, 0) is 16.0 Å². The molecule has 2 atom stereocenters. The van der Waals surface area contributed by atoms with Crippen molar-refractivity contribution in [2.75, 3.05) is 27.3 Å². The minimum atomic E-state index is -0.523. The highest BCUT2D eigenvalue weighted by atomic mass is 16.6. The van der Waals surface area contributed by atoms with Crippen molar-refractivity contribution in [2.45, 2.75) is 58.8 Å². The van der Waals surface area contributed by atoms with Crippen LogP contribution in [0.5, 0.6) is 5.75 Å². The average molecular weight is 470 g/mol. The number of ether oxygens (including phenoxy) is 3. The minimum Gasteiger partial charge on any atom is -0.496 e. The van der Waals surface area contributed by atoms with Gasteiger partial charge in [0.15, 0.2) is 5.69 Å². The zero-order chi connectivity index (χ0) is 25.0. The quantitative estimate of drug-likeness (QED) is 0.601. The van der Waals surface area contributed by atoms with Gasteiger partial charge >= 0.3 is 12.1 Å². The van der Waals surface area contributed by atoms with Gasteiger partial charge in [-0.2, -0.15) is 0 Å². The number of hydrogen-bond acceptors (Lipinski definition) is 7. The van der Waals surface area contributed by atoms with Crippen LogP contribution in [0, 0.1) is 0 Å². The second kappa shape index (κ2) is 10.4. The summed E-state index contributed by atoms with van der Waals surface area (Å²) < 4.78 is 16.2. The van der Waals surface area contributed by atoms with Gasteiger partial charge in [-0.1, -0.05) is 18.2 Å². The standard InChI is InChI=1S/C26H35N3O5/c1-17-14-28(15-18(2)29(17)25(31)34-26(3,4)5)16-20-11-10-19(13-22(20)32-6)21-9-8-12-27-23(21)24(30)33-7/h8-13,17-18H,14-16H2,1-7H3/t17-,18+. The third-order valence-corrected chi connectivity index (χ3v) is 5.78. The normalized spacial score (nSPS) is 19.0. The van der Waals surface area contributed by atoms with Crippen LogP contribution in [0.25, 0.3) is 11.1 Å². The van der Waals surface area contributed by atoms with Crippen molar-refractivity contribution in [1.29, 1.82) is 0 Å². The highest BCUT2D eigenvalue weighted by Gasteiger charge is 2.35. The maximum Gasteiger partial charge on any atom is 0.410 e. The Hall–Kier alpha value is -3.13. The molecule has 8 heteroatoms. The van der Waals surface area contributed by atoms with E-state index in [-0.39, 0.29) is 23.9 Å². The lowest BCUT2D eigenvalue weighted by molar-refractivity contribution is -0.0163. The fourth-order valence-corrected chi connectivity index (χ4v) is 4.42. The first-order valence-corrected chi connectivity index (χ1v) is 11.5. The van der Waals surface area contributed by atoms with Gasteiger partial charge in [0, 0.05) is 49.0 Å². The third-order valence-electron chi connectivity index (χ3n) is 5.78. The van der Waals surface area contributed by atoms with Gasteiger partial charge in [0.2, 0.25) is 0 Å². The Kier molecular flexibility index (Phi) is 7.82. The third kappa shape index (κ3) is 5.86. The molecule has 0 radical (unpaired) electrons. The molecule has 184 valence electrons. The number of carbonyl (C=O) groups excluding carboxylic acids is 2. The van der Waals surface area contributed by atoms with Crippen molar-refractivity contribution in [3.05, 3.63) is 47.8 Å². The summed E-state index contributed by atoms with van der Waals surface area (Å²) in [4.78, 5) is 33.2. The first-order chi connectivity index (χ1) is 16.0. The molecule has 0 spiro atoms. The summed E-state index contributed by atoms with van der Waals surface area (Å²) in [6, 6.07) is 9.55. The SMILES string of the molecule is COC(=O)c1ncccc1-c1ccc(CN2C[C@@H](C)N(C(=O)OC(C)(C)C)[C@@H](C)C2)c(OC)c1. The number of piperazine rings is 1. The molecule has 34 heavy (non-hydrogen) atoms. The number of nitrogens with zero attached hydrogens (tertiary/aromatic N) is 3. The Morgan fingerprint density at radius 2 is 1.76 bits per heavy atom. The molecule has 1 amide bonds. The molecule has 1 aliphatic rings. The molecule has 8 nitrogen and oxygen atoms in total. The van der Waals surface area contributed by atoms with Crippen molar-refractivity contribution in [3.8, 4) is 16.9 Å². The predicted molar refractivity (Wildman–Crippen MR) is 130 cm³/mol. The minimum absolute atomic E-state index is 0.0156. The van der Waals surface area contributed by atoms with Crippen molar-refractivity contribution in [3.63, 3.8) is 0 Å². The summed E-state index contributed by atoms with van der Waals surface area (Å²) in [5.41, 5.74) is 2.28. The van der Waals surface area contributed by atoms with Crippen LogP contribution in [-0.4, -0.2) is 71.8 Å². The Morgan fingerprint density at radius 1 is 1.09 bits per heavy atom. The van der Waals surface area contributed by atoms with Crippen LogP contribution in [0.15, 0.2) is 36.5 Å². The molecule has 0 saturated carbocycles. The van der Waals surface area contributed by atoms with E-state index in [0.717, 1.165) is 30.0 Å². The highest BCUT2D eigenvalue weighted by Crippen LogP contribution is 2.31. The first-order valence-electron chi connectivity index (χ1n) is 11.5. The van der Waals surface area contributed by atoms with Crippen LogP contribution in [0.1, 0.15) is 50.7 Å². The van der Waals surface area contributed by atoms with Gasteiger partial charge in [0.05, 0.1) is 14.2 Å². The number of pyridine rings is 1. The molecule has 0 bridgehead atoms. The molecule has 1 saturated heterocycles. The van der Waals surface area contributed by atoms with Crippen LogP contribution in [0.2, 0.25) is 0 Å². The molecule has 1 aromatic heterocycles. The molecule has 3 rings (SSSR count). The summed E-state index contributed by atoms with van der Waals surface area (Å²) in [5.74, 6) is 0.247.